The van der Waals surface area contributed by atoms with Gasteiger partial charge < -0.3 is 14.7 Å². The molecule has 0 spiro atoms. The first-order valence-corrected chi connectivity index (χ1v) is 6.61. The average Bonchev–Trinajstić information content (AvgIpc) is 2.45. The molecule has 0 radical (unpaired) electrons. The number of piperidine rings is 1. The summed E-state index contributed by atoms with van der Waals surface area (Å²) >= 11 is 0. The molecule has 0 aliphatic carbocycles. The maximum atomic E-state index is 9.08. The zero-order chi connectivity index (χ0) is 12.8. The predicted octanol–water partition coefficient (Wildman–Crippen LogP) is 1.36. The van der Waals surface area contributed by atoms with Crippen LogP contribution >= 0.6 is 0 Å². The first-order valence-electron chi connectivity index (χ1n) is 6.61. The van der Waals surface area contributed by atoms with Gasteiger partial charge >= 0.3 is 0 Å². The van der Waals surface area contributed by atoms with Gasteiger partial charge in [0.1, 0.15) is 5.82 Å². The Hall–Kier alpha value is -1.20. The van der Waals surface area contributed by atoms with Gasteiger partial charge in [-0.05, 0) is 19.3 Å². The normalized spacial score (nSPS) is 20.1. The lowest BCUT2D eigenvalue weighted by atomic mass is 10.1. The molecule has 1 atom stereocenters. The van der Waals surface area contributed by atoms with Crippen molar-refractivity contribution in [1.82, 2.24) is 9.97 Å². The van der Waals surface area contributed by atoms with Gasteiger partial charge in [-0.25, -0.2) is 4.98 Å². The molecule has 2 heterocycles. The lowest BCUT2D eigenvalue weighted by molar-refractivity contribution is 0.0439. The van der Waals surface area contributed by atoms with E-state index in [-0.39, 0.29) is 6.61 Å². The Balaban J connectivity index is 1.98. The molecule has 1 aliphatic heterocycles. The van der Waals surface area contributed by atoms with E-state index in [0.717, 1.165) is 44.8 Å². The third-order valence-corrected chi connectivity index (χ3v) is 3.09. The van der Waals surface area contributed by atoms with Crippen molar-refractivity contribution in [3.63, 3.8) is 0 Å². The van der Waals surface area contributed by atoms with Gasteiger partial charge in [0.05, 0.1) is 30.8 Å². The number of hydrogen-bond donors (Lipinski definition) is 1. The quantitative estimate of drug-likeness (QED) is 0.856. The maximum Gasteiger partial charge on any atom is 0.147 e. The Morgan fingerprint density at radius 2 is 2.39 bits per heavy atom. The number of aliphatic hydroxyl groups is 1. The van der Waals surface area contributed by atoms with Crippen LogP contribution in [0.2, 0.25) is 0 Å². The maximum absolute atomic E-state index is 9.08. The number of ether oxygens (including phenoxy) is 1. The standard InChI is InChI=1S/C13H21N3O2/c1-2-6-18-12-4-3-5-16(9-12)13-8-14-7-11(10-17)15-13/h7-8,12,17H,2-6,9-10H2,1H3. The monoisotopic (exact) mass is 251 g/mol. The second-order valence-electron chi connectivity index (χ2n) is 4.61. The summed E-state index contributed by atoms with van der Waals surface area (Å²) in [6.45, 7) is 4.72. The lowest BCUT2D eigenvalue weighted by Crippen LogP contribution is -2.40. The molecule has 5 nitrogen and oxygen atoms in total. The highest BCUT2D eigenvalue weighted by atomic mass is 16.5. The molecule has 1 aromatic rings. The van der Waals surface area contributed by atoms with Crippen molar-refractivity contribution in [1.29, 1.82) is 0 Å². The summed E-state index contributed by atoms with van der Waals surface area (Å²) in [7, 11) is 0. The fourth-order valence-corrected chi connectivity index (χ4v) is 2.19. The van der Waals surface area contributed by atoms with E-state index in [1.807, 2.05) is 0 Å². The largest absolute Gasteiger partial charge is 0.390 e. The smallest absolute Gasteiger partial charge is 0.147 e. The zero-order valence-corrected chi connectivity index (χ0v) is 10.9. The molecule has 0 amide bonds. The molecule has 1 saturated heterocycles. The fraction of sp³-hybridized carbons (Fsp3) is 0.692. The van der Waals surface area contributed by atoms with Crippen LogP contribution in [0.25, 0.3) is 0 Å². The Kier molecular flexibility index (Phi) is 4.90. The molecule has 100 valence electrons. The molecule has 0 bridgehead atoms. The Morgan fingerprint density at radius 1 is 1.50 bits per heavy atom. The van der Waals surface area contributed by atoms with Crippen LogP contribution in [-0.2, 0) is 11.3 Å². The van der Waals surface area contributed by atoms with Crippen molar-refractivity contribution in [2.75, 3.05) is 24.6 Å². The predicted molar refractivity (Wildman–Crippen MR) is 69.4 cm³/mol. The van der Waals surface area contributed by atoms with Crippen LogP contribution in [0.5, 0.6) is 0 Å². The number of nitrogens with zero attached hydrogens (tertiary/aromatic N) is 3. The summed E-state index contributed by atoms with van der Waals surface area (Å²) in [5, 5.41) is 9.08. The van der Waals surface area contributed by atoms with Crippen molar-refractivity contribution in [3.8, 4) is 0 Å². The molecule has 0 saturated carbocycles. The van der Waals surface area contributed by atoms with Gasteiger partial charge in [-0.3, -0.25) is 4.98 Å². The second kappa shape index (κ2) is 6.66. The lowest BCUT2D eigenvalue weighted by Gasteiger charge is -2.33. The van der Waals surface area contributed by atoms with E-state index in [9.17, 15) is 0 Å². The number of aromatic nitrogens is 2. The summed E-state index contributed by atoms with van der Waals surface area (Å²) in [6.07, 6.45) is 6.91. The minimum atomic E-state index is -0.0650. The van der Waals surface area contributed by atoms with Crippen LogP contribution < -0.4 is 4.90 Å². The highest BCUT2D eigenvalue weighted by Gasteiger charge is 2.21. The van der Waals surface area contributed by atoms with Gasteiger partial charge in [0, 0.05) is 19.7 Å². The number of rotatable bonds is 5. The Morgan fingerprint density at radius 3 is 3.17 bits per heavy atom. The molecule has 1 aliphatic rings. The second-order valence-corrected chi connectivity index (χ2v) is 4.61. The first-order chi connectivity index (χ1) is 8.83. The van der Waals surface area contributed by atoms with Crippen molar-refractivity contribution in [3.05, 3.63) is 18.1 Å². The van der Waals surface area contributed by atoms with Gasteiger partial charge in [-0.2, -0.15) is 0 Å². The van der Waals surface area contributed by atoms with Crippen LogP contribution in [-0.4, -0.2) is 40.9 Å². The van der Waals surface area contributed by atoms with Crippen molar-refractivity contribution < 1.29 is 9.84 Å². The van der Waals surface area contributed by atoms with Crippen LogP contribution in [0, 0.1) is 0 Å². The van der Waals surface area contributed by atoms with Gasteiger partial charge in [0.15, 0.2) is 0 Å². The number of anilines is 1. The fourth-order valence-electron chi connectivity index (χ4n) is 2.19. The minimum Gasteiger partial charge on any atom is -0.390 e. The molecule has 1 N–H and O–H groups in total. The number of hydrogen-bond acceptors (Lipinski definition) is 5. The van der Waals surface area contributed by atoms with Gasteiger partial charge in [-0.15, -0.1) is 0 Å². The molecule has 0 aromatic carbocycles. The van der Waals surface area contributed by atoms with E-state index in [0.29, 0.717) is 11.8 Å². The molecular formula is C13H21N3O2. The van der Waals surface area contributed by atoms with Gasteiger partial charge in [0.2, 0.25) is 0 Å². The Labute approximate surface area is 108 Å². The molecular weight excluding hydrogens is 230 g/mol. The summed E-state index contributed by atoms with van der Waals surface area (Å²) in [5.74, 6) is 0.839. The van der Waals surface area contributed by atoms with E-state index in [1.54, 1.807) is 12.4 Å². The molecule has 1 aromatic heterocycles. The van der Waals surface area contributed by atoms with Crippen molar-refractivity contribution in [2.45, 2.75) is 38.9 Å². The summed E-state index contributed by atoms with van der Waals surface area (Å²) in [6, 6.07) is 0. The number of aliphatic hydroxyl groups excluding tert-OH is 1. The van der Waals surface area contributed by atoms with Gasteiger partial charge in [0.25, 0.3) is 0 Å². The molecule has 18 heavy (non-hydrogen) atoms. The Bertz CT molecular complexity index is 373. The highest BCUT2D eigenvalue weighted by Crippen LogP contribution is 2.19. The van der Waals surface area contributed by atoms with Crippen LogP contribution in [0.1, 0.15) is 31.9 Å². The van der Waals surface area contributed by atoms with Crippen LogP contribution in [0.4, 0.5) is 5.82 Å². The highest BCUT2D eigenvalue weighted by molar-refractivity contribution is 5.37. The van der Waals surface area contributed by atoms with Crippen LogP contribution in [0.15, 0.2) is 12.4 Å². The average molecular weight is 251 g/mol. The van der Waals surface area contributed by atoms with E-state index in [4.69, 9.17) is 9.84 Å². The summed E-state index contributed by atoms with van der Waals surface area (Å²) < 4.78 is 5.80. The first kappa shape index (κ1) is 13.2. The minimum absolute atomic E-state index is 0.0650. The third kappa shape index (κ3) is 3.40. The van der Waals surface area contributed by atoms with E-state index < -0.39 is 0 Å². The van der Waals surface area contributed by atoms with E-state index in [2.05, 4.69) is 21.8 Å². The van der Waals surface area contributed by atoms with E-state index >= 15 is 0 Å². The summed E-state index contributed by atoms with van der Waals surface area (Å²) in [5.41, 5.74) is 0.615. The summed E-state index contributed by atoms with van der Waals surface area (Å²) in [4.78, 5) is 10.7. The van der Waals surface area contributed by atoms with Crippen molar-refractivity contribution >= 4 is 5.82 Å². The van der Waals surface area contributed by atoms with Crippen LogP contribution in [0.3, 0.4) is 0 Å². The van der Waals surface area contributed by atoms with Gasteiger partial charge in [-0.1, -0.05) is 6.92 Å². The SMILES string of the molecule is CCCOC1CCCN(c2cncc(CO)n2)C1. The molecule has 2 rings (SSSR count). The molecule has 1 fully saturated rings. The zero-order valence-electron chi connectivity index (χ0n) is 10.9. The third-order valence-electron chi connectivity index (χ3n) is 3.09. The molecule has 5 heteroatoms. The molecule has 1 unspecified atom stereocenters. The topological polar surface area (TPSA) is 58.5 Å². The van der Waals surface area contributed by atoms with E-state index in [1.165, 1.54) is 0 Å². The van der Waals surface area contributed by atoms with Crippen molar-refractivity contribution in [2.24, 2.45) is 0 Å².